The minimum atomic E-state index is -1.01. The topological polar surface area (TPSA) is 80.5 Å². The number of urea groups is 1. The third-order valence-corrected chi connectivity index (χ3v) is 4.16. The summed E-state index contributed by atoms with van der Waals surface area (Å²) in [5.74, 6) is -0.944. The minimum Gasteiger partial charge on any atom is -0.497 e. The van der Waals surface area contributed by atoms with E-state index in [-0.39, 0.29) is 5.82 Å². The van der Waals surface area contributed by atoms with Crippen LogP contribution in [0.2, 0.25) is 0 Å². The van der Waals surface area contributed by atoms with Crippen LogP contribution < -0.4 is 15.4 Å². The lowest BCUT2D eigenvalue weighted by molar-refractivity contribution is 0.262. The summed E-state index contributed by atoms with van der Waals surface area (Å²) in [6, 6.07) is 11.4. The minimum absolute atomic E-state index is 0.148. The third-order valence-electron chi connectivity index (χ3n) is 4.16. The third kappa shape index (κ3) is 3.70. The number of nitrogens with one attached hydrogen (secondary N) is 2. The molecule has 0 radical (unpaired) electrons. The standard InChI is InChI=1S/C20H15F2N5O2/c1-29-14-5-2-4-13(11-14)24-20(28)26-18-17(12-6-7-15(21)16(22)10-12)27-9-3-8-23-19(27)25-18/h2-11H,1H3,(H2,24,26,28). The Bertz CT molecular complexity index is 1210. The predicted octanol–water partition coefficient (Wildman–Crippen LogP) is 4.33. The first-order chi connectivity index (χ1) is 14.0. The zero-order valence-corrected chi connectivity index (χ0v) is 15.2. The highest BCUT2D eigenvalue weighted by molar-refractivity contribution is 6.01. The number of aromatic nitrogens is 3. The molecule has 0 spiro atoms. The van der Waals surface area contributed by atoms with Crippen molar-refractivity contribution in [2.75, 3.05) is 17.7 Å². The average Bonchev–Trinajstić information content (AvgIpc) is 3.07. The highest BCUT2D eigenvalue weighted by Gasteiger charge is 2.18. The quantitative estimate of drug-likeness (QED) is 0.539. The van der Waals surface area contributed by atoms with Gasteiger partial charge in [0, 0.05) is 29.7 Å². The maximum absolute atomic E-state index is 13.8. The Balaban J connectivity index is 1.69. The zero-order chi connectivity index (χ0) is 20.4. The number of carbonyl (C=O) groups excluding carboxylic acids is 1. The lowest BCUT2D eigenvalue weighted by Gasteiger charge is -2.09. The first-order valence-corrected chi connectivity index (χ1v) is 8.55. The van der Waals surface area contributed by atoms with Gasteiger partial charge >= 0.3 is 6.03 Å². The second-order valence-electron chi connectivity index (χ2n) is 6.04. The maximum Gasteiger partial charge on any atom is 0.324 e. The van der Waals surface area contributed by atoms with Gasteiger partial charge in [-0.3, -0.25) is 9.72 Å². The molecule has 0 atom stereocenters. The zero-order valence-electron chi connectivity index (χ0n) is 15.2. The normalized spacial score (nSPS) is 10.7. The fourth-order valence-electron chi connectivity index (χ4n) is 2.86. The average molecular weight is 395 g/mol. The van der Waals surface area contributed by atoms with Crippen LogP contribution in [0.15, 0.2) is 60.9 Å². The number of rotatable bonds is 4. The van der Waals surface area contributed by atoms with Gasteiger partial charge in [0.1, 0.15) is 5.75 Å². The van der Waals surface area contributed by atoms with Gasteiger partial charge in [-0.05, 0) is 36.4 Å². The molecule has 0 unspecified atom stereocenters. The highest BCUT2D eigenvalue weighted by atomic mass is 19.2. The number of fused-ring (bicyclic) bond motifs is 1. The number of hydrogen-bond acceptors (Lipinski definition) is 4. The van der Waals surface area contributed by atoms with Crippen molar-refractivity contribution in [1.29, 1.82) is 0 Å². The summed E-state index contributed by atoms with van der Waals surface area (Å²) < 4.78 is 33.9. The molecule has 146 valence electrons. The van der Waals surface area contributed by atoms with E-state index < -0.39 is 17.7 Å². The van der Waals surface area contributed by atoms with Gasteiger partial charge in [-0.1, -0.05) is 6.07 Å². The van der Waals surface area contributed by atoms with Crippen LogP contribution in [0.3, 0.4) is 0 Å². The molecule has 2 amide bonds. The van der Waals surface area contributed by atoms with E-state index in [1.54, 1.807) is 40.9 Å². The number of benzene rings is 2. The Morgan fingerprint density at radius 2 is 1.93 bits per heavy atom. The number of hydrogen-bond donors (Lipinski definition) is 2. The Hall–Kier alpha value is -4.01. The van der Waals surface area contributed by atoms with Crippen LogP contribution in [-0.4, -0.2) is 27.5 Å². The lowest BCUT2D eigenvalue weighted by atomic mass is 10.1. The molecule has 0 aliphatic carbocycles. The van der Waals surface area contributed by atoms with Crippen molar-refractivity contribution in [2.45, 2.75) is 0 Å². The SMILES string of the molecule is COc1cccc(NC(=O)Nc2nc3ncccn3c2-c2ccc(F)c(F)c2)c1. The van der Waals surface area contributed by atoms with Crippen molar-refractivity contribution in [3.05, 3.63) is 72.6 Å². The van der Waals surface area contributed by atoms with E-state index in [2.05, 4.69) is 20.6 Å². The molecular weight excluding hydrogens is 380 g/mol. The van der Waals surface area contributed by atoms with Crippen molar-refractivity contribution >= 4 is 23.3 Å². The lowest BCUT2D eigenvalue weighted by Crippen LogP contribution is -2.20. The Morgan fingerprint density at radius 3 is 2.72 bits per heavy atom. The summed E-state index contributed by atoms with van der Waals surface area (Å²) in [4.78, 5) is 20.9. The van der Waals surface area contributed by atoms with Crippen LogP contribution in [0.5, 0.6) is 5.75 Å². The predicted molar refractivity (Wildman–Crippen MR) is 104 cm³/mol. The van der Waals surface area contributed by atoms with Crippen molar-refractivity contribution in [2.24, 2.45) is 0 Å². The second kappa shape index (κ2) is 7.55. The molecule has 2 heterocycles. The highest BCUT2D eigenvalue weighted by Crippen LogP contribution is 2.29. The molecule has 0 saturated heterocycles. The summed E-state index contributed by atoms with van der Waals surface area (Å²) in [7, 11) is 1.52. The van der Waals surface area contributed by atoms with Crippen molar-refractivity contribution in [3.8, 4) is 17.0 Å². The summed E-state index contributed by atoms with van der Waals surface area (Å²) in [5.41, 5.74) is 1.21. The molecule has 7 nitrogen and oxygen atoms in total. The molecule has 29 heavy (non-hydrogen) atoms. The molecule has 4 rings (SSSR count). The van der Waals surface area contributed by atoms with E-state index in [4.69, 9.17) is 4.74 Å². The second-order valence-corrected chi connectivity index (χ2v) is 6.04. The Kier molecular flexibility index (Phi) is 4.78. The molecule has 4 aromatic rings. The largest absolute Gasteiger partial charge is 0.497 e. The number of imidazole rings is 1. The fraction of sp³-hybridized carbons (Fsp3) is 0.0500. The van der Waals surface area contributed by atoms with Crippen molar-refractivity contribution in [3.63, 3.8) is 0 Å². The summed E-state index contributed by atoms with van der Waals surface area (Å²) in [6.07, 6.45) is 3.20. The van der Waals surface area contributed by atoms with E-state index >= 15 is 0 Å². The number of carbonyl (C=O) groups is 1. The van der Waals surface area contributed by atoms with E-state index in [9.17, 15) is 13.6 Å². The molecule has 0 fully saturated rings. The summed E-state index contributed by atoms with van der Waals surface area (Å²) >= 11 is 0. The molecule has 2 N–H and O–H groups in total. The van der Waals surface area contributed by atoms with Gasteiger partial charge in [0.15, 0.2) is 17.5 Å². The van der Waals surface area contributed by atoms with Crippen LogP contribution in [-0.2, 0) is 0 Å². The smallest absolute Gasteiger partial charge is 0.324 e. The monoisotopic (exact) mass is 395 g/mol. The van der Waals surface area contributed by atoms with Crippen LogP contribution in [0.1, 0.15) is 0 Å². The van der Waals surface area contributed by atoms with Gasteiger partial charge in [-0.25, -0.2) is 18.6 Å². The van der Waals surface area contributed by atoms with E-state index in [0.717, 1.165) is 12.1 Å². The fourth-order valence-corrected chi connectivity index (χ4v) is 2.86. The number of amides is 2. The van der Waals surface area contributed by atoms with E-state index in [0.29, 0.717) is 28.5 Å². The molecule has 2 aromatic heterocycles. The molecule has 0 bridgehead atoms. The van der Waals surface area contributed by atoms with Gasteiger partial charge in [0.2, 0.25) is 5.78 Å². The van der Waals surface area contributed by atoms with Crippen molar-refractivity contribution in [1.82, 2.24) is 14.4 Å². The first-order valence-electron chi connectivity index (χ1n) is 8.55. The Morgan fingerprint density at radius 1 is 1.07 bits per heavy atom. The molecule has 9 heteroatoms. The molecule has 0 aliphatic heterocycles. The van der Waals surface area contributed by atoms with Gasteiger partial charge in [-0.15, -0.1) is 0 Å². The molecular formula is C20H15F2N5O2. The number of methoxy groups -OCH3 is 1. The van der Waals surface area contributed by atoms with E-state index in [1.165, 1.54) is 19.4 Å². The first kappa shape index (κ1) is 18.4. The van der Waals surface area contributed by atoms with Crippen LogP contribution in [0.4, 0.5) is 25.1 Å². The number of anilines is 2. The Labute approximate surface area is 164 Å². The molecule has 0 saturated carbocycles. The summed E-state index contributed by atoms with van der Waals surface area (Å²) in [5, 5.41) is 5.31. The van der Waals surface area contributed by atoms with Crippen molar-refractivity contribution < 1.29 is 18.3 Å². The van der Waals surface area contributed by atoms with E-state index in [1.807, 2.05) is 0 Å². The maximum atomic E-state index is 13.8. The van der Waals surface area contributed by atoms with Gasteiger partial charge < -0.3 is 10.1 Å². The van der Waals surface area contributed by atoms with Crippen LogP contribution in [0, 0.1) is 11.6 Å². The van der Waals surface area contributed by atoms with Crippen LogP contribution >= 0.6 is 0 Å². The number of ether oxygens (including phenoxy) is 1. The summed E-state index contributed by atoms with van der Waals surface area (Å²) in [6.45, 7) is 0. The molecule has 2 aromatic carbocycles. The van der Waals surface area contributed by atoms with Crippen LogP contribution in [0.25, 0.3) is 17.0 Å². The number of nitrogens with zero attached hydrogens (tertiary/aromatic N) is 3. The number of halogens is 2. The van der Waals surface area contributed by atoms with Gasteiger partial charge in [0.05, 0.1) is 12.8 Å². The van der Waals surface area contributed by atoms with Gasteiger partial charge in [-0.2, -0.15) is 4.98 Å². The van der Waals surface area contributed by atoms with Gasteiger partial charge in [0.25, 0.3) is 0 Å². The molecule has 0 aliphatic rings.